The van der Waals surface area contributed by atoms with Crippen molar-refractivity contribution in [1.29, 1.82) is 0 Å². The van der Waals surface area contributed by atoms with E-state index in [-0.39, 0.29) is 36.8 Å². The zero-order valence-corrected chi connectivity index (χ0v) is 15.1. The summed E-state index contributed by atoms with van der Waals surface area (Å²) in [4.78, 5) is 56.0. The van der Waals surface area contributed by atoms with Gasteiger partial charge in [-0.15, -0.1) is 0 Å². The summed E-state index contributed by atoms with van der Waals surface area (Å²) >= 11 is 0. The van der Waals surface area contributed by atoms with Gasteiger partial charge >= 0.3 is 23.8 Å². The van der Waals surface area contributed by atoms with Crippen molar-refractivity contribution in [2.45, 2.75) is 19.8 Å². The fourth-order valence-corrected chi connectivity index (χ4v) is 1.99. The molecule has 0 aliphatic heterocycles. The van der Waals surface area contributed by atoms with Crippen LogP contribution >= 0.6 is 0 Å². The minimum absolute atomic E-state index is 0.0137. The van der Waals surface area contributed by atoms with Crippen LogP contribution in [0, 0.1) is 0 Å². The van der Waals surface area contributed by atoms with E-state index >= 15 is 0 Å². The number of amides is 2. The number of nitrogens with one attached hydrogen (secondary N) is 1. The first-order valence-electron chi connectivity index (χ1n) is 8.21. The molecule has 0 fully saturated rings. The van der Waals surface area contributed by atoms with Gasteiger partial charge in [0.05, 0.1) is 25.5 Å². The highest BCUT2D eigenvalue weighted by atomic mass is 16.6. The fourth-order valence-electron chi connectivity index (χ4n) is 1.99. The highest BCUT2D eigenvalue weighted by molar-refractivity contribution is 6.37. The number of hydrogen-bond acceptors (Lipinski definition) is 8. The van der Waals surface area contributed by atoms with Gasteiger partial charge in [0.2, 0.25) is 0 Å². The van der Waals surface area contributed by atoms with E-state index in [4.69, 9.17) is 15.6 Å². The molecular weight excluding hydrogens is 376 g/mol. The second-order valence-corrected chi connectivity index (χ2v) is 5.21. The molecule has 1 aromatic carbocycles. The molecule has 0 radical (unpaired) electrons. The Morgan fingerprint density at radius 2 is 1.71 bits per heavy atom. The number of benzene rings is 1. The number of primary amides is 1. The molecule has 11 nitrogen and oxygen atoms in total. The summed E-state index contributed by atoms with van der Waals surface area (Å²) in [6, 6.07) is 4.30. The second-order valence-electron chi connectivity index (χ2n) is 5.21. The number of carboxylic acid groups (broad SMARTS) is 1. The molecule has 0 aliphatic carbocycles. The van der Waals surface area contributed by atoms with Crippen molar-refractivity contribution in [3.8, 4) is 5.75 Å². The lowest BCUT2D eigenvalue weighted by molar-refractivity contribution is -0.163. The summed E-state index contributed by atoms with van der Waals surface area (Å²) in [6.07, 6.45) is 0.703. The Morgan fingerprint density at radius 1 is 1.04 bits per heavy atom. The van der Waals surface area contributed by atoms with Crippen LogP contribution in [0.15, 0.2) is 18.2 Å². The number of esters is 2. The number of ether oxygens (including phenoxy) is 3. The van der Waals surface area contributed by atoms with Gasteiger partial charge in [0.15, 0.2) is 0 Å². The average Bonchev–Trinajstić information content (AvgIpc) is 2.64. The van der Waals surface area contributed by atoms with Crippen molar-refractivity contribution < 1.29 is 43.3 Å². The lowest BCUT2D eigenvalue weighted by atomic mass is 10.1. The number of nitrogens with two attached hydrogens (primary N) is 1. The summed E-state index contributed by atoms with van der Waals surface area (Å²) in [6.45, 7) is 1.55. The number of rotatable bonds is 9. The normalized spacial score (nSPS) is 9.89. The first-order valence-corrected chi connectivity index (χ1v) is 8.21. The van der Waals surface area contributed by atoms with Crippen molar-refractivity contribution in [3.05, 3.63) is 23.8 Å². The van der Waals surface area contributed by atoms with Gasteiger partial charge in [0.1, 0.15) is 11.3 Å². The van der Waals surface area contributed by atoms with Gasteiger partial charge in [-0.05, 0) is 31.9 Å². The predicted octanol–water partition coefficient (Wildman–Crippen LogP) is 0.0739. The number of unbranched alkanes of at least 4 members (excludes halogenated alkanes) is 1. The minimum atomic E-state index is -1.68. The van der Waals surface area contributed by atoms with Gasteiger partial charge < -0.3 is 30.4 Å². The molecule has 1 aromatic rings. The maximum Gasteiger partial charge on any atom is 0.417 e. The third-order valence-corrected chi connectivity index (χ3v) is 3.19. The molecule has 0 spiro atoms. The lowest BCUT2D eigenvalue weighted by Crippen LogP contribution is -2.27. The number of anilines is 1. The largest absolute Gasteiger partial charge is 0.493 e. The number of aliphatic carboxylic acids is 1. The van der Waals surface area contributed by atoms with E-state index < -0.39 is 29.7 Å². The third kappa shape index (κ3) is 6.94. The van der Waals surface area contributed by atoms with Crippen LogP contribution in [0.3, 0.4) is 0 Å². The highest BCUT2D eigenvalue weighted by Gasteiger charge is 2.21. The molecule has 11 heteroatoms. The van der Waals surface area contributed by atoms with Crippen LogP contribution in [0.5, 0.6) is 5.75 Å². The van der Waals surface area contributed by atoms with Crippen molar-refractivity contribution in [3.63, 3.8) is 0 Å². The molecule has 0 aromatic heterocycles. The number of carboxylic acids is 1. The Morgan fingerprint density at radius 3 is 2.32 bits per heavy atom. The van der Waals surface area contributed by atoms with Gasteiger partial charge in [-0.2, -0.15) is 0 Å². The van der Waals surface area contributed by atoms with E-state index in [1.165, 1.54) is 25.1 Å². The summed E-state index contributed by atoms with van der Waals surface area (Å²) in [5.74, 6) is -6.00. The first kappa shape index (κ1) is 22.4. The standard InChI is InChI=1S/C17H20N2O9/c1-2-26-16(24)14(21)19-10-6-5-7-11(12(10)13(18)20)27-8-3-4-9-28-17(25)15(22)23/h5-7H,2-4,8-9H2,1H3,(H2,18,20)(H,19,21)(H,22,23). The van der Waals surface area contributed by atoms with Crippen molar-refractivity contribution in [2.75, 3.05) is 25.1 Å². The van der Waals surface area contributed by atoms with Crippen LogP contribution in [-0.4, -0.2) is 54.6 Å². The van der Waals surface area contributed by atoms with Crippen molar-refractivity contribution in [1.82, 2.24) is 0 Å². The van der Waals surface area contributed by atoms with Crippen molar-refractivity contribution >= 4 is 35.4 Å². The molecule has 1 rings (SSSR count). The smallest absolute Gasteiger partial charge is 0.417 e. The summed E-state index contributed by atoms with van der Waals surface area (Å²) < 4.78 is 14.5. The molecule has 0 saturated carbocycles. The molecule has 0 heterocycles. The predicted molar refractivity (Wildman–Crippen MR) is 93.5 cm³/mol. The van der Waals surface area contributed by atoms with E-state index in [2.05, 4.69) is 14.8 Å². The summed E-state index contributed by atoms with van der Waals surface area (Å²) in [7, 11) is 0. The Bertz CT molecular complexity index is 761. The van der Waals surface area contributed by atoms with Gasteiger partial charge in [-0.3, -0.25) is 9.59 Å². The molecule has 0 saturated heterocycles. The fraction of sp³-hybridized carbons (Fsp3) is 0.353. The van der Waals surface area contributed by atoms with E-state index in [1.807, 2.05) is 0 Å². The molecule has 152 valence electrons. The van der Waals surface area contributed by atoms with Gasteiger partial charge in [0.25, 0.3) is 5.91 Å². The summed E-state index contributed by atoms with van der Waals surface area (Å²) in [5, 5.41) is 10.6. The van der Waals surface area contributed by atoms with Crippen LogP contribution in [0.2, 0.25) is 0 Å². The molecule has 2 amide bonds. The summed E-state index contributed by atoms with van der Waals surface area (Å²) in [5.41, 5.74) is 5.20. The Kier molecular flexibility index (Phi) is 8.93. The van der Waals surface area contributed by atoms with E-state index in [0.29, 0.717) is 12.8 Å². The Balaban J connectivity index is 2.68. The first-order chi connectivity index (χ1) is 13.3. The van der Waals surface area contributed by atoms with Crippen LogP contribution in [-0.2, 0) is 28.7 Å². The quantitative estimate of drug-likeness (QED) is 0.297. The Labute approximate surface area is 159 Å². The maximum atomic E-state index is 11.8. The topological polar surface area (TPSA) is 171 Å². The van der Waals surface area contributed by atoms with E-state index in [0.717, 1.165) is 0 Å². The molecule has 0 unspecified atom stereocenters. The molecule has 0 aliphatic rings. The van der Waals surface area contributed by atoms with Crippen LogP contribution < -0.4 is 15.8 Å². The van der Waals surface area contributed by atoms with Crippen LogP contribution in [0.25, 0.3) is 0 Å². The minimum Gasteiger partial charge on any atom is -0.493 e. The molecule has 4 N–H and O–H groups in total. The molecular formula is C17H20N2O9. The van der Waals surface area contributed by atoms with Crippen LogP contribution in [0.1, 0.15) is 30.1 Å². The van der Waals surface area contributed by atoms with Gasteiger partial charge in [0, 0.05) is 0 Å². The lowest BCUT2D eigenvalue weighted by Gasteiger charge is -2.14. The molecule has 0 atom stereocenters. The molecule has 28 heavy (non-hydrogen) atoms. The number of carbonyl (C=O) groups is 5. The SMILES string of the molecule is CCOC(=O)C(=O)Nc1cccc(OCCCCOC(=O)C(=O)O)c1C(N)=O. The van der Waals surface area contributed by atoms with Crippen LogP contribution in [0.4, 0.5) is 5.69 Å². The third-order valence-electron chi connectivity index (χ3n) is 3.19. The Hall–Kier alpha value is -3.63. The van der Waals surface area contributed by atoms with Crippen molar-refractivity contribution in [2.24, 2.45) is 5.73 Å². The monoisotopic (exact) mass is 396 g/mol. The van der Waals surface area contributed by atoms with Gasteiger partial charge in [-0.1, -0.05) is 6.07 Å². The van der Waals surface area contributed by atoms with E-state index in [9.17, 15) is 24.0 Å². The number of hydrogen-bond donors (Lipinski definition) is 3. The highest BCUT2D eigenvalue weighted by Crippen LogP contribution is 2.26. The second kappa shape index (κ2) is 11.2. The maximum absolute atomic E-state index is 11.8. The van der Waals surface area contributed by atoms with E-state index in [1.54, 1.807) is 0 Å². The van der Waals surface area contributed by atoms with Gasteiger partial charge in [-0.25, -0.2) is 14.4 Å². The average molecular weight is 396 g/mol. The zero-order chi connectivity index (χ0) is 21.1. The zero-order valence-electron chi connectivity index (χ0n) is 15.1. The molecule has 0 bridgehead atoms. The number of carbonyl (C=O) groups excluding carboxylic acids is 4.